The van der Waals surface area contributed by atoms with Crippen LogP contribution in [0, 0.1) is 0 Å². The summed E-state index contributed by atoms with van der Waals surface area (Å²) in [6.07, 6.45) is 0. The van der Waals surface area contributed by atoms with Crippen molar-refractivity contribution in [1.29, 1.82) is 0 Å². The van der Waals surface area contributed by atoms with E-state index in [9.17, 15) is 4.21 Å². The third-order valence-corrected chi connectivity index (χ3v) is 4.29. The lowest BCUT2D eigenvalue weighted by Crippen LogP contribution is -2.43. The fourth-order valence-electron chi connectivity index (χ4n) is 1.70. The Labute approximate surface area is 106 Å². The number of hydrogen-bond donors (Lipinski definition) is 0. The van der Waals surface area contributed by atoms with Crippen LogP contribution < -0.4 is 4.90 Å². The molecule has 1 unspecified atom stereocenters. The van der Waals surface area contributed by atoms with Gasteiger partial charge in [0.1, 0.15) is 5.84 Å². The van der Waals surface area contributed by atoms with Gasteiger partial charge in [0, 0.05) is 40.3 Å². The quantitative estimate of drug-likeness (QED) is 0.795. The topological polar surface area (TPSA) is 32.7 Å². The highest BCUT2D eigenvalue weighted by Gasteiger charge is 2.21. The van der Waals surface area contributed by atoms with E-state index in [1.165, 1.54) is 0 Å². The van der Waals surface area contributed by atoms with Crippen LogP contribution in [0.25, 0.3) is 0 Å². The van der Waals surface area contributed by atoms with Gasteiger partial charge in [-0.3, -0.25) is 9.20 Å². The normalized spacial score (nSPS) is 23.8. The second kappa shape index (κ2) is 5.10. The number of amidine groups is 1. The minimum atomic E-state index is -0.751. The Balaban J connectivity index is 2.26. The van der Waals surface area contributed by atoms with Crippen LogP contribution in [0.2, 0.25) is 0 Å². The molecule has 2 rings (SSSR count). The highest BCUT2D eigenvalue weighted by atomic mass is 79.9. The van der Waals surface area contributed by atoms with Gasteiger partial charge in [0.25, 0.3) is 0 Å². The van der Waals surface area contributed by atoms with Crippen molar-refractivity contribution in [3.8, 4) is 0 Å². The molecule has 1 aliphatic heterocycles. The summed E-state index contributed by atoms with van der Waals surface area (Å²) in [7, 11) is 1.00. The predicted molar refractivity (Wildman–Crippen MR) is 72.7 cm³/mol. The van der Waals surface area contributed by atoms with Gasteiger partial charge in [-0.1, -0.05) is 15.9 Å². The van der Waals surface area contributed by atoms with Gasteiger partial charge in [-0.05, 0) is 24.3 Å². The minimum Gasteiger partial charge on any atom is -0.328 e. The number of benzene rings is 1. The molecule has 5 heteroatoms. The zero-order valence-electron chi connectivity index (χ0n) is 9.02. The van der Waals surface area contributed by atoms with Crippen LogP contribution in [0.1, 0.15) is 0 Å². The molecule has 0 radical (unpaired) electrons. The third kappa shape index (κ3) is 2.52. The van der Waals surface area contributed by atoms with E-state index >= 15 is 0 Å². The molecule has 3 nitrogen and oxygen atoms in total. The van der Waals surface area contributed by atoms with Crippen LogP contribution >= 0.6 is 15.9 Å². The molecule has 0 aromatic heterocycles. The predicted octanol–water partition coefficient (Wildman–Crippen LogP) is 2.05. The Morgan fingerprint density at radius 2 is 2.06 bits per heavy atom. The van der Waals surface area contributed by atoms with Crippen LogP contribution in [0.15, 0.2) is 33.7 Å². The van der Waals surface area contributed by atoms with Crippen molar-refractivity contribution in [1.82, 2.24) is 0 Å². The van der Waals surface area contributed by atoms with Crippen molar-refractivity contribution in [3.05, 3.63) is 28.7 Å². The third-order valence-electron chi connectivity index (χ3n) is 2.54. The van der Waals surface area contributed by atoms with E-state index in [4.69, 9.17) is 0 Å². The number of rotatable bonds is 1. The molecular weight excluding hydrogens is 288 g/mol. The molecule has 16 heavy (non-hydrogen) atoms. The second-order valence-corrected chi connectivity index (χ2v) is 6.05. The smallest absolute Gasteiger partial charge is 0.116 e. The first kappa shape index (κ1) is 11.8. The molecule has 0 aliphatic carbocycles. The van der Waals surface area contributed by atoms with Crippen LogP contribution in [-0.2, 0) is 10.8 Å². The Morgan fingerprint density at radius 1 is 1.38 bits per heavy atom. The highest BCUT2D eigenvalue weighted by molar-refractivity contribution is 9.10. The highest BCUT2D eigenvalue weighted by Crippen LogP contribution is 2.20. The maximum atomic E-state index is 11.5. The summed E-state index contributed by atoms with van der Waals surface area (Å²) in [5.41, 5.74) is 1.11. The monoisotopic (exact) mass is 300 g/mol. The fraction of sp³-hybridized carbons (Fsp3) is 0.364. The summed E-state index contributed by atoms with van der Waals surface area (Å²) in [5, 5.41) is 0. The maximum absolute atomic E-state index is 11.5. The molecule has 1 atom stereocenters. The number of halogens is 1. The van der Waals surface area contributed by atoms with Gasteiger partial charge < -0.3 is 4.90 Å². The summed E-state index contributed by atoms with van der Waals surface area (Å²) >= 11 is 3.41. The fourth-order valence-corrected chi connectivity index (χ4v) is 3.07. The van der Waals surface area contributed by atoms with Gasteiger partial charge in [0.2, 0.25) is 0 Å². The number of nitrogens with zero attached hydrogens (tertiary/aromatic N) is 2. The van der Waals surface area contributed by atoms with E-state index in [2.05, 4.69) is 25.8 Å². The molecule has 1 heterocycles. The van der Waals surface area contributed by atoms with E-state index < -0.39 is 10.8 Å². The molecule has 1 saturated heterocycles. The zero-order valence-corrected chi connectivity index (χ0v) is 11.4. The first-order valence-corrected chi connectivity index (χ1v) is 7.32. The van der Waals surface area contributed by atoms with Gasteiger partial charge >= 0.3 is 0 Å². The lowest BCUT2D eigenvalue weighted by atomic mass is 10.3. The van der Waals surface area contributed by atoms with Gasteiger partial charge in [-0.25, -0.2) is 0 Å². The lowest BCUT2D eigenvalue weighted by Gasteiger charge is -2.29. The Hall–Kier alpha value is -0.680. The van der Waals surface area contributed by atoms with Gasteiger partial charge in [-0.15, -0.1) is 0 Å². The molecule has 0 bridgehead atoms. The number of anilines is 1. The summed E-state index contributed by atoms with van der Waals surface area (Å²) in [5.74, 6) is 2.19. The molecule has 1 aromatic rings. The number of hydrogen-bond acceptors (Lipinski definition) is 2. The van der Waals surface area contributed by atoms with Crippen molar-refractivity contribution in [2.24, 2.45) is 4.99 Å². The zero-order chi connectivity index (χ0) is 11.5. The van der Waals surface area contributed by atoms with E-state index in [0.717, 1.165) is 28.3 Å². The molecule has 0 N–H and O–H groups in total. The molecule has 0 saturated carbocycles. The van der Waals surface area contributed by atoms with Crippen LogP contribution in [0.4, 0.5) is 5.69 Å². The van der Waals surface area contributed by atoms with E-state index in [1.54, 1.807) is 7.05 Å². The average molecular weight is 301 g/mol. The minimum absolute atomic E-state index is 0.562. The van der Waals surface area contributed by atoms with Crippen molar-refractivity contribution in [2.45, 2.75) is 0 Å². The molecule has 1 fully saturated rings. The van der Waals surface area contributed by atoms with Gasteiger partial charge in [0.05, 0.1) is 5.75 Å². The molecule has 1 aliphatic rings. The van der Waals surface area contributed by atoms with Crippen molar-refractivity contribution >= 4 is 38.3 Å². The average Bonchev–Trinajstić information content (AvgIpc) is 2.30. The van der Waals surface area contributed by atoms with Crippen LogP contribution in [-0.4, -0.2) is 35.1 Å². The number of aliphatic imine (C=N–C) groups is 1. The largest absolute Gasteiger partial charge is 0.328 e. The summed E-state index contributed by atoms with van der Waals surface area (Å²) in [6.45, 7) is 0.779. The van der Waals surface area contributed by atoms with Gasteiger partial charge in [-0.2, -0.15) is 0 Å². The standard InChI is InChI=1S/C11H13BrN2OS/c1-13-11-8-16(15)7-6-14(11)10-4-2-9(12)3-5-10/h2-5H,6-8H2,1H3. The Morgan fingerprint density at radius 3 is 2.69 bits per heavy atom. The van der Waals surface area contributed by atoms with Crippen LogP contribution in [0.5, 0.6) is 0 Å². The van der Waals surface area contributed by atoms with E-state index in [0.29, 0.717) is 5.75 Å². The second-order valence-electron chi connectivity index (χ2n) is 3.56. The Kier molecular flexibility index (Phi) is 3.76. The van der Waals surface area contributed by atoms with Crippen molar-refractivity contribution in [3.63, 3.8) is 0 Å². The van der Waals surface area contributed by atoms with Crippen LogP contribution in [0.3, 0.4) is 0 Å². The van der Waals surface area contributed by atoms with Crippen molar-refractivity contribution in [2.75, 3.05) is 30.0 Å². The SMILES string of the molecule is CN=C1CS(=O)CCN1c1ccc(Br)cc1. The molecule has 86 valence electrons. The molecular formula is C11H13BrN2OS. The first-order chi connectivity index (χ1) is 7.70. The molecule has 1 aromatic carbocycles. The summed E-state index contributed by atoms with van der Waals surface area (Å²) in [4.78, 5) is 6.35. The van der Waals surface area contributed by atoms with Gasteiger partial charge in [0.15, 0.2) is 0 Å². The lowest BCUT2D eigenvalue weighted by molar-refractivity contribution is 0.683. The molecule has 0 spiro atoms. The first-order valence-electron chi connectivity index (χ1n) is 5.04. The van der Waals surface area contributed by atoms with E-state index in [-0.39, 0.29) is 0 Å². The van der Waals surface area contributed by atoms with Crippen molar-refractivity contribution < 1.29 is 4.21 Å². The summed E-state index contributed by atoms with van der Waals surface area (Å²) < 4.78 is 12.5. The maximum Gasteiger partial charge on any atom is 0.116 e. The molecule has 0 amide bonds. The Bertz CT molecular complexity index is 430. The summed E-state index contributed by atoms with van der Waals surface area (Å²) in [6, 6.07) is 8.11. The van der Waals surface area contributed by atoms with E-state index in [1.807, 2.05) is 24.3 Å².